The highest BCUT2D eigenvalue weighted by Gasteiger charge is 2.32. The average molecular weight is 270 g/mol. The minimum atomic E-state index is -0.691. The molecule has 1 aliphatic rings. The molecule has 0 aromatic carbocycles. The minimum Gasteiger partial charge on any atom is -0.462 e. The van der Waals surface area contributed by atoms with Crippen molar-refractivity contribution in [2.45, 2.75) is 45.3 Å². The highest BCUT2D eigenvalue weighted by atomic mass is 16.6. The van der Waals surface area contributed by atoms with Crippen LogP contribution in [0.25, 0.3) is 0 Å². The molecule has 0 heterocycles. The Morgan fingerprint density at radius 1 is 1.42 bits per heavy atom. The second kappa shape index (κ2) is 7.28. The van der Waals surface area contributed by atoms with Crippen LogP contribution >= 0.6 is 0 Å². The Kier molecular flexibility index (Phi) is 6.02. The van der Waals surface area contributed by atoms with E-state index >= 15 is 0 Å². The van der Waals surface area contributed by atoms with Crippen molar-refractivity contribution in [2.75, 3.05) is 6.61 Å². The third-order valence-electron chi connectivity index (χ3n) is 3.23. The van der Waals surface area contributed by atoms with Gasteiger partial charge in [-0.3, -0.25) is 4.79 Å². The molecule has 5 nitrogen and oxygen atoms in total. The molecule has 3 atom stereocenters. The third-order valence-corrected chi connectivity index (χ3v) is 3.23. The summed E-state index contributed by atoms with van der Waals surface area (Å²) in [6.07, 6.45) is 1.81. The van der Waals surface area contributed by atoms with Gasteiger partial charge in [-0.15, -0.1) is 0 Å². The molecule has 0 saturated heterocycles. The summed E-state index contributed by atoms with van der Waals surface area (Å²) in [4.78, 5) is 22.4. The van der Waals surface area contributed by atoms with E-state index in [1.165, 1.54) is 0 Å². The molecule has 0 aliphatic heterocycles. The van der Waals surface area contributed by atoms with Gasteiger partial charge in [0.25, 0.3) is 0 Å². The summed E-state index contributed by atoms with van der Waals surface area (Å²) in [5, 5.41) is 9.95. The molecule has 1 rings (SSSR count). The van der Waals surface area contributed by atoms with E-state index in [0.717, 1.165) is 12.5 Å². The van der Waals surface area contributed by atoms with Gasteiger partial charge in [-0.25, -0.2) is 4.79 Å². The van der Waals surface area contributed by atoms with Crippen molar-refractivity contribution in [3.8, 4) is 0 Å². The van der Waals surface area contributed by atoms with Gasteiger partial charge in [-0.2, -0.15) is 0 Å². The fourth-order valence-corrected chi connectivity index (χ4v) is 2.04. The monoisotopic (exact) mass is 270 g/mol. The number of hydrogen-bond acceptors (Lipinski definition) is 5. The van der Waals surface area contributed by atoms with Crippen LogP contribution in [-0.4, -0.2) is 35.9 Å². The lowest BCUT2D eigenvalue weighted by molar-refractivity contribution is -0.163. The molecule has 19 heavy (non-hydrogen) atoms. The summed E-state index contributed by atoms with van der Waals surface area (Å²) >= 11 is 0. The lowest BCUT2D eigenvalue weighted by Gasteiger charge is -2.32. The number of esters is 2. The Bertz CT molecular complexity index is 337. The number of rotatable bonds is 5. The van der Waals surface area contributed by atoms with E-state index < -0.39 is 18.2 Å². The van der Waals surface area contributed by atoms with Gasteiger partial charge in [0.1, 0.15) is 6.10 Å². The fourth-order valence-electron chi connectivity index (χ4n) is 2.04. The predicted octanol–water partition coefficient (Wildman–Crippen LogP) is 1.44. The van der Waals surface area contributed by atoms with Crippen LogP contribution in [0.4, 0.5) is 0 Å². The maximum absolute atomic E-state index is 11.5. The number of aliphatic hydroxyl groups is 1. The first kappa shape index (κ1) is 15.7. The zero-order chi connectivity index (χ0) is 14.4. The molecule has 0 spiro atoms. The molecule has 0 aromatic rings. The lowest BCUT2D eigenvalue weighted by atomic mass is 9.85. The maximum atomic E-state index is 11.5. The first-order chi connectivity index (χ1) is 8.93. The largest absolute Gasteiger partial charge is 0.462 e. The van der Waals surface area contributed by atoms with Crippen molar-refractivity contribution in [2.24, 2.45) is 11.8 Å². The Morgan fingerprint density at radius 3 is 2.63 bits per heavy atom. The summed E-state index contributed by atoms with van der Waals surface area (Å²) in [5.41, 5.74) is 0. The summed E-state index contributed by atoms with van der Waals surface area (Å²) < 4.78 is 10.2. The van der Waals surface area contributed by atoms with Crippen molar-refractivity contribution in [1.29, 1.82) is 0 Å². The van der Waals surface area contributed by atoms with Gasteiger partial charge in [0.2, 0.25) is 0 Å². The van der Waals surface area contributed by atoms with E-state index in [0.29, 0.717) is 12.8 Å². The van der Waals surface area contributed by atoms with E-state index in [9.17, 15) is 14.7 Å². The summed E-state index contributed by atoms with van der Waals surface area (Å²) in [6, 6.07) is 0. The molecule has 0 amide bonds. The molecular weight excluding hydrogens is 248 g/mol. The van der Waals surface area contributed by atoms with Crippen molar-refractivity contribution < 1.29 is 24.2 Å². The number of carbonyl (C=O) groups is 2. The number of aliphatic hydroxyl groups excluding tert-OH is 1. The minimum absolute atomic E-state index is 0.105. The van der Waals surface area contributed by atoms with Crippen molar-refractivity contribution in [3.63, 3.8) is 0 Å². The highest BCUT2D eigenvalue weighted by Crippen LogP contribution is 2.27. The number of hydrogen-bond donors (Lipinski definition) is 1. The molecule has 1 N–H and O–H groups in total. The van der Waals surface area contributed by atoms with Gasteiger partial charge in [-0.1, -0.05) is 20.4 Å². The topological polar surface area (TPSA) is 72.8 Å². The molecule has 0 bridgehead atoms. The quantitative estimate of drug-likeness (QED) is 0.604. The molecule has 1 aliphatic carbocycles. The smallest absolute Gasteiger partial charge is 0.330 e. The fraction of sp³-hybridized carbons (Fsp3) is 0.714. The third kappa shape index (κ3) is 5.03. The van der Waals surface area contributed by atoms with E-state index in [2.05, 4.69) is 6.58 Å². The van der Waals surface area contributed by atoms with Gasteiger partial charge >= 0.3 is 11.9 Å². The summed E-state index contributed by atoms with van der Waals surface area (Å²) in [5.74, 6) is -0.838. The van der Waals surface area contributed by atoms with Gasteiger partial charge in [0.15, 0.2) is 0 Å². The van der Waals surface area contributed by atoms with Crippen molar-refractivity contribution >= 4 is 11.9 Å². The van der Waals surface area contributed by atoms with E-state index in [4.69, 9.17) is 9.47 Å². The lowest BCUT2D eigenvalue weighted by Crippen LogP contribution is -2.39. The second-order valence-corrected chi connectivity index (χ2v) is 5.21. The van der Waals surface area contributed by atoms with Crippen LogP contribution in [0.5, 0.6) is 0 Å². The molecule has 108 valence electrons. The molecule has 5 heteroatoms. The normalized spacial score (nSPS) is 26.8. The van der Waals surface area contributed by atoms with Gasteiger partial charge < -0.3 is 14.6 Å². The Hall–Kier alpha value is -1.36. The zero-order valence-corrected chi connectivity index (χ0v) is 11.5. The van der Waals surface area contributed by atoms with Crippen LogP contribution in [0, 0.1) is 11.8 Å². The van der Waals surface area contributed by atoms with Crippen molar-refractivity contribution in [1.82, 2.24) is 0 Å². The van der Waals surface area contributed by atoms with Crippen LogP contribution in [-0.2, 0) is 19.1 Å². The van der Waals surface area contributed by atoms with Crippen LogP contribution in [0.1, 0.15) is 33.1 Å². The standard InChI is InChI=1S/C14H22O5/c1-4-13(16)18-8-10-5-6-12(11(15)7-10)19-14(17)9(2)3/h4,9-12,15H,1,5-8H2,2-3H3. The highest BCUT2D eigenvalue weighted by molar-refractivity contribution is 5.81. The molecule has 0 aromatic heterocycles. The van der Waals surface area contributed by atoms with Gasteiger partial charge in [0.05, 0.1) is 18.6 Å². The summed E-state index contributed by atoms with van der Waals surface area (Å²) in [6.45, 7) is 7.11. The molecule has 3 unspecified atom stereocenters. The van der Waals surface area contributed by atoms with Crippen LogP contribution in [0.15, 0.2) is 12.7 Å². The maximum Gasteiger partial charge on any atom is 0.330 e. The van der Waals surface area contributed by atoms with Crippen LogP contribution in [0.3, 0.4) is 0 Å². The van der Waals surface area contributed by atoms with Crippen LogP contribution < -0.4 is 0 Å². The second-order valence-electron chi connectivity index (χ2n) is 5.21. The Balaban J connectivity index is 2.36. The summed E-state index contributed by atoms with van der Waals surface area (Å²) in [7, 11) is 0. The van der Waals surface area contributed by atoms with E-state index in [1.54, 1.807) is 13.8 Å². The molecule has 1 fully saturated rings. The number of carbonyl (C=O) groups excluding carboxylic acids is 2. The first-order valence-electron chi connectivity index (χ1n) is 6.61. The van der Waals surface area contributed by atoms with E-state index in [-0.39, 0.29) is 24.4 Å². The van der Waals surface area contributed by atoms with Gasteiger partial charge in [0, 0.05) is 6.08 Å². The zero-order valence-electron chi connectivity index (χ0n) is 11.5. The Labute approximate surface area is 113 Å². The molecule has 1 saturated carbocycles. The molecule has 0 radical (unpaired) electrons. The average Bonchev–Trinajstić information content (AvgIpc) is 2.38. The Morgan fingerprint density at radius 2 is 2.11 bits per heavy atom. The molecular formula is C14H22O5. The SMILES string of the molecule is C=CC(=O)OCC1CCC(OC(=O)C(C)C)C(O)C1. The number of ether oxygens (including phenoxy) is 2. The van der Waals surface area contributed by atoms with E-state index in [1.807, 2.05) is 0 Å². The predicted molar refractivity (Wildman–Crippen MR) is 69.2 cm³/mol. The van der Waals surface area contributed by atoms with Crippen molar-refractivity contribution in [3.05, 3.63) is 12.7 Å². The first-order valence-corrected chi connectivity index (χ1v) is 6.61. The van der Waals surface area contributed by atoms with Crippen LogP contribution in [0.2, 0.25) is 0 Å². The van der Waals surface area contributed by atoms with Gasteiger partial charge in [-0.05, 0) is 25.2 Å².